The van der Waals surface area contributed by atoms with Gasteiger partial charge >= 0.3 is 0 Å². The molecule has 1 unspecified atom stereocenters. The highest BCUT2D eigenvalue weighted by molar-refractivity contribution is 7.13. The Hall–Kier alpha value is -0.610. The predicted molar refractivity (Wildman–Crippen MR) is 39.1 cm³/mol. The van der Waals surface area contributed by atoms with Gasteiger partial charge in [-0.3, -0.25) is 0 Å². The Morgan fingerprint density at radius 1 is 1.78 bits per heavy atom. The van der Waals surface area contributed by atoms with Gasteiger partial charge in [0.2, 0.25) is 0 Å². The lowest BCUT2D eigenvalue weighted by Gasteiger charge is -1.95. The summed E-state index contributed by atoms with van der Waals surface area (Å²) >= 11 is 1.42. The zero-order valence-corrected chi connectivity index (χ0v) is 5.98. The molecule has 1 rings (SSSR count). The molecule has 0 aliphatic carbocycles. The van der Waals surface area contributed by atoms with Crippen LogP contribution >= 0.6 is 11.3 Å². The molecule has 1 heterocycles. The zero-order valence-electron chi connectivity index (χ0n) is 5.16. The Bertz CT molecular complexity index is 194. The molecule has 1 atom stereocenters. The summed E-state index contributed by atoms with van der Waals surface area (Å²) in [4.78, 5) is 3.98. The second-order valence-electron chi connectivity index (χ2n) is 1.90. The summed E-state index contributed by atoms with van der Waals surface area (Å²) in [6, 6.07) is -0.00134. The second-order valence-corrected chi connectivity index (χ2v) is 2.79. The van der Waals surface area contributed by atoms with Crippen LogP contribution in [0.5, 0.6) is 0 Å². The minimum atomic E-state index is -0.00134. The van der Waals surface area contributed by atoms with Crippen molar-refractivity contribution in [3.05, 3.63) is 11.1 Å². The average molecular weight is 143 g/mol. The van der Waals surface area contributed by atoms with Crippen molar-refractivity contribution in [2.75, 3.05) is 5.73 Å². The number of hydrogen-bond acceptors (Lipinski definition) is 4. The van der Waals surface area contributed by atoms with E-state index in [4.69, 9.17) is 11.5 Å². The molecule has 50 valence electrons. The second kappa shape index (κ2) is 2.33. The number of aromatic nitrogens is 1. The van der Waals surface area contributed by atoms with Gasteiger partial charge in [0.05, 0.1) is 5.69 Å². The number of nitrogens with two attached hydrogens (primary N) is 2. The molecule has 0 amide bonds. The smallest absolute Gasteiger partial charge is 0.180 e. The summed E-state index contributed by atoms with van der Waals surface area (Å²) < 4.78 is 0. The maximum atomic E-state index is 5.52. The molecule has 0 aliphatic rings. The first kappa shape index (κ1) is 6.51. The molecule has 9 heavy (non-hydrogen) atoms. The Morgan fingerprint density at radius 3 is 2.67 bits per heavy atom. The molecule has 0 aromatic carbocycles. The fourth-order valence-electron chi connectivity index (χ4n) is 0.510. The number of hydrogen-bond donors (Lipinski definition) is 2. The quantitative estimate of drug-likeness (QED) is 0.609. The number of anilines is 1. The number of nitrogens with zero attached hydrogens (tertiary/aromatic N) is 1. The molecule has 0 aliphatic heterocycles. The minimum absolute atomic E-state index is 0.00134. The van der Waals surface area contributed by atoms with E-state index in [1.54, 1.807) is 0 Å². The fraction of sp³-hybridized carbons (Fsp3) is 0.400. The summed E-state index contributed by atoms with van der Waals surface area (Å²) in [7, 11) is 0. The van der Waals surface area contributed by atoms with Gasteiger partial charge < -0.3 is 11.5 Å². The molecular formula is C5H9N3S. The van der Waals surface area contributed by atoms with Crippen molar-refractivity contribution in [3.63, 3.8) is 0 Å². The lowest BCUT2D eigenvalue weighted by molar-refractivity contribution is 0.791. The van der Waals surface area contributed by atoms with E-state index in [0.29, 0.717) is 5.13 Å². The van der Waals surface area contributed by atoms with Crippen LogP contribution in [-0.2, 0) is 0 Å². The Morgan fingerprint density at radius 2 is 2.44 bits per heavy atom. The van der Waals surface area contributed by atoms with E-state index in [2.05, 4.69) is 4.98 Å². The third-order valence-corrected chi connectivity index (χ3v) is 1.70. The SMILES string of the molecule is CC(N)c1csc(N)n1. The number of rotatable bonds is 1. The van der Waals surface area contributed by atoms with E-state index in [1.165, 1.54) is 11.3 Å². The third-order valence-electron chi connectivity index (χ3n) is 1.01. The van der Waals surface area contributed by atoms with Gasteiger partial charge in [0.15, 0.2) is 5.13 Å². The molecule has 3 nitrogen and oxygen atoms in total. The van der Waals surface area contributed by atoms with Gasteiger partial charge in [-0.25, -0.2) is 4.98 Å². The fourth-order valence-corrected chi connectivity index (χ4v) is 1.18. The predicted octanol–water partition coefficient (Wildman–Crippen LogP) is 0.745. The van der Waals surface area contributed by atoms with Gasteiger partial charge in [-0.15, -0.1) is 11.3 Å². The minimum Gasteiger partial charge on any atom is -0.375 e. The van der Waals surface area contributed by atoms with Gasteiger partial charge in [-0.1, -0.05) is 0 Å². The van der Waals surface area contributed by atoms with Gasteiger partial charge in [-0.05, 0) is 6.92 Å². The van der Waals surface area contributed by atoms with Gasteiger partial charge in [0.1, 0.15) is 0 Å². The van der Waals surface area contributed by atoms with E-state index >= 15 is 0 Å². The van der Waals surface area contributed by atoms with Crippen LogP contribution in [0.15, 0.2) is 5.38 Å². The zero-order chi connectivity index (χ0) is 6.85. The van der Waals surface area contributed by atoms with Crippen molar-refractivity contribution in [3.8, 4) is 0 Å². The number of thiazole rings is 1. The highest BCUT2D eigenvalue weighted by atomic mass is 32.1. The van der Waals surface area contributed by atoms with Crippen LogP contribution in [-0.4, -0.2) is 4.98 Å². The first-order chi connectivity index (χ1) is 4.20. The van der Waals surface area contributed by atoms with Crippen LogP contribution in [0.3, 0.4) is 0 Å². The van der Waals surface area contributed by atoms with E-state index in [-0.39, 0.29) is 6.04 Å². The molecule has 1 aromatic heterocycles. The van der Waals surface area contributed by atoms with Crippen molar-refractivity contribution in [2.45, 2.75) is 13.0 Å². The lowest BCUT2D eigenvalue weighted by atomic mass is 10.3. The van der Waals surface area contributed by atoms with Crippen molar-refractivity contribution in [2.24, 2.45) is 5.73 Å². The maximum Gasteiger partial charge on any atom is 0.180 e. The molecule has 0 bridgehead atoms. The Kier molecular flexibility index (Phi) is 1.68. The van der Waals surface area contributed by atoms with Crippen LogP contribution in [0.2, 0.25) is 0 Å². The Balaban J connectivity index is 2.85. The molecule has 0 spiro atoms. The molecule has 1 aromatic rings. The molecule has 0 saturated heterocycles. The van der Waals surface area contributed by atoms with Crippen molar-refractivity contribution in [1.82, 2.24) is 4.98 Å². The largest absolute Gasteiger partial charge is 0.375 e. The summed E-state index contributed by atoms with van der Waals surface area (Å²) in [6.45, 7) is 1.88. The molecule has 4 N–H and O–H groups in total. The van der Waals surface area contributed by atoms with Crippen LogP contribution in [0.25, 0.3) is 0 Å². The van der Waals surface area contributed by atoms with Crippen LogP contribution in [0.4, 0.5) is 5.13 Å². The van der Waals surface area contributed by atoms with Crippen molar-refractivity contribution in [1.29, 1.82) is 0 Å². The summed E-state index contributed by atoms with van der Waals surface area (Å²) in [5.41, 5.74) is 11.8. The van der Waals surface area contributed by atoms with Crippen LogP contribution in [0.1, 0.15) is 18.7 Å². The Labute approximate surface area is 57.7 Å². The molecule has 0 fully saturated rings. The summed E-state index contributed by atoms with van der Waals surface area (Å²) in [6.07, 6.45) is 0. The standard InChI is InChI=1S/C5H9N3S/c1-3(6)4-2-9-5(7)8-4/h2-3H,6H2,1H3,(H2,7,8). The van der Waals surface area contributed by atoms with Crippen LogP contribution < -0.4 is 11.5 Å². The van der Waals surface area contributed by atoms with Crippen LogP contribution in [0, 0.1) is 0 Å². The summed E-state index contributed by atoms with van der Waals surface area (Å²) in [5.74, 6) is 0. The van der Waals surface area contributed by atoms with E-state index in [0.717, 1.165) is 5.69 Å². The van der Waals surface area contributed by atoms with Gasteiger partial charge in [-0.2, -0.15) is 0 Å². The average Bonchev–Trinajstić information content (AvgIpc) is 2.14. The number of nitrogen functional groups attached to an aromatic ring is 1. The molecule has 4 heteroatoms. The first-order valence-electron chi connectivity index (χ1n) is 2.66. The summed E-state index contributed by atoms with van der Waals surface area (Å²) in [5, 5.41) is 2.46. The van der Waals surface area contributed by atoms with E-state index in [9.17, 15) is 0 Å². The topological polar surface area (TPSA) is 64.9 Å². The molecule has 0 radical (unpaired) electrons. The molecule has 0 saturated carbocycles. The normalized spacial score (nSPS) is 13.6. The van der Waals surface area contributed by atoms with E-state index in [1.807, 2.05) is 12.3 Å². The van der Waals surface area contributed by atoms with E-state index < -0.39 is 0 Å². The molecular weight excluding hydrogens is 134 g/mol. The van der Waals surface area contributed by atoms with Gasteiger partial charge in [0.25, 0.3) is 0 Å². The van der Waals surface area contributed by atoms with Gasteiger partial charge in [0, 0.05) is 11.4 Å². The van der Waals surface area contributed by atoms with Crippen molar-refractivity contribution >= 4 is 16.5 Å². The lowest BCUT2D eigenvalue weighted by Crippen LogP contribution is -2.05. The highest BCUT2D eigenvalue weighted by Gasteiger charge is 2.01. The highest BCUT2D eigenvalue weighted by Crippen LogP contribution is 2.15. The third kappa shape index (κ3) is 1.40. The van der Waals surface area contributed by atoms with Crippen molar-refractivity contribution < 1.29 is 0 Å². The maximum absolute atomic E-state index is 5.52. The first-order valence-corrected chi connectivity index (χ1v) is 3.54. The monoisotopic (exact) mass is 143 g/mol.